The van der Waals surface area contributed by atoms with Crippen LogP contribution in [0, 0.1) is 5.92 Å². The maximum Gasteiger partial charge on any atom is 0.225 e. The molecule has 0 aromatic heterocycles. The molecule has 2 N–H and O–H groups in total. The van der Waals surface area contributed by atoms with Gasteiger partial charge in [-0.05, 0) is 25.7 Å². The summed E-state index contributed by atoms with van der Waals surface area (Å²) in [6, 6.07) is 0.336. The topological polar surface area (TPSA) is 46.3 Å². The van der Waals surface area contributed by atoms with Crippen LogP contribution in [0.25, 0.3) is 0 Å². The van der Waals surface area contributed by atoms with Gasteiger partial charge in [-0.25, -0.2) is 0 Å². The number of nitrogens with zero attached hydrogens (tertiary/aromatic N) is 1. The van der Waals surface area contributed by atoms with E-state index in [4.69, 9.17) is 5.73 Å². The molecule has 0 spiro atoms. The Morgan fingerprint density at radius 2 is 1.93 bits per heavy atom. The number of amides is 1. The van der Waals surface area contributed by atoms with Crippen LogP contribution in [-0.4, -0.2) is 29.9 Å². The molecule has 1 atom stereocenters. The van der Waals surface area contributed by atoms with Gasteiger partial charge in [0.2, 0.25) is 5.91 Å². The monoisotopic (exact) mass is 196 g/mol. The zero-order valence-electron chi connectivity index (χ0n) is 8.74. The van der Waals surface area contributed by atoms with Crippen molar-refractivity contribution in [3.63, 3.8) is 0 Å². The highest BCUT2D eigenvalue weighted by Crippen LogP contribution is 2.29. The third-order valence-corrected chi connectivity index (χ3v) is 3.64. The average Bonchev–Trinajstić information content (AvgIpc) is 2.87. The van der Waals surface area contributed by atoms with Crippen LogP contribution in [0.1, 0.15) is 38.5 Å². The van der Waals surface area contributed by atoms with Gasteiger partial charge in [-0.15, -0.1) is 0 Å². The van der Waals surface area contributed by atoms with Gasteiger partial charge in [-0.3, -0.25) is 4.79 Å². The Morgan fingerprint density at radius 1 is 1.21 bits per heavy atom. The van der Waals surface area contributed by atoms with E-state index in [1.165, 1.54) is 12.8 Å². The van der Waals surface area contributed by atoms with Crippen molar-refractivity contribution < 1.29 is 4.79 Å². The molecule has 1 heterocycles. The van der Waals surface area contributed by atoms with Crippen LogP contribution in [0.3, 0.4) is 0 Å². The van der Waals surface area contributed by atoms with E-state index in [1.54, 1.807) is 0 Å². The van der Waals surface area contributed by atoms with Gasteiger partial charge in [0, 0.05) is 25.0 Å². The number of carbonyl (C=O) groups excluding carboxylic acids is 1. The molecule has 2 aliphatic rings. The maximum atomic E-state index is 12.1. The molecule has 1 saturated carbocycles. The van der Waals surface area contributed by atoms with Crippen LogP contribution < -0.4 is 5.73 Å². The van der Waals surface area contributed by atoms with Gasteiger partial charge < -0.3 is 10.6 Å². The molecular weight excluding hydrogens is 176 g/mol. The van der Waals surface area contributed by atoms with E-state index in [1.807, 2.05) is 4.90 Å². The first kappa shape index (κ1) is 9.97. The van der Waals surface area contributed by atoms with Crippen molar-refractivity contribution in [1.82, 2.24) is 4.90 Å². The maximum absolute atomic E-state index is 12.1. The lowest BCUT2D eigenvalue weighted by Crippen LogP contribution is -2.42. The van der Waals surface area contributed by atoms with Crippen molar-refractivity contribution in [3.8, 4) is 0 Å². The standard InChI is InChI=1S/C11H20N2O/c12-8-10-6-3-7-13(10)11(14)9-4-1-2-5-9/h9-10H,1-8,12H2/t10-/m1/s1. The van der Waals surface area contributed by atoms with Crippen molar-refractivity contribution in [2.75, 3.05) is 13.1 Å². The van der Waals surface area contributed by atoms with Crippen LogP contribution in [-0.2, 0) is 4.79 Å². The Morgan fingerprint density at radius 3 is 2.57 bits per heavy atom. The number of hydrogen-bond donors (Lipinski definition) is 1. The van der Waals surface area contributed by atoms with Crippen molar-refractivity contribution in [3.05, 3.63) is 0 Å². The lowest BCUT2D eigenvalue weighted by atomic mass is 10.1. The molecule has 0 aromatic carbocycles. The molecule has 2 fully saturated rings. The second-order valence-electron chi connectivity index (χ2n) is 4.54. The van der Waals surface area contributed by atoms with Crippen molar-refractivity contribution in [1.29, 1.82) is 0 Å². The van der Waals surface area contributed by atoms with Crippen LogP contribution in [0.15, 0.2) is 0 Å². The normalized spacial score (nSPS) is 28.6. The molecule has 2 rings (SSSR count). The van der Waals surface area contributed by atoms with Gasteiger partial charge >= 0.3 is 0 Å². The summed E-state index contributed by atoms with van der Waals surface area (Å²) in [5, 5.41) is 0. The van der Waals surface area contributed by atoms with Gasteiger partial charge in [0.1, 0.15) is 0 Å². The second kappa shape index (κ2) is 4.30. The number of hydrogen-bond acceptors (Lipinski definition) is 2. The second-order valence-corrected chi connectivity index (χ2v) is 4.54. The summed E-state index contributed by atoms with van der Waals surface area (Å²) in [6.45, 7) is 1.58. The van der Waals surface area contributed by atoms with E-state index in [0.29, 0.717) is 24.4 Å². The molecule has 3 heteroatoms. The minimum Gasteiger partial charge on any atom is -0.338 e. The Hall–Kier alpha value is -0.570. The first-order valence-electron chi connectivity index (χ1n) is 5.83. The molecule has 14 heavy (non-hydrogen) atoms. The third kappa shape index (κ3) is 1.78. The fraction of sp³-hybridized carbons (Fsp3) is 0.909. The summed E-state index contributed by atoms with van der Waals surface area (Å²) in [7, 11) is 0. The Labute approximate surface area is 85.6 Å². The lowest BCUT2D eigenvalue weighted by molar-refractivity contribution is -0.136. The summed E-state index contributed by atoms with van der Waals surface area (Å²) < 4.78 is 0. The van der Waals surface area contributed by atoms with Crippen molar-refractivity contribution in [2.24, 2.45) is 11.7 Å². The summed E-state index contributed by atoms with van der Waals surface area (Å²) in [5.74, 6) is 0.706. The van der Waals surface area contributed by atoms with Gasteiger partial charge in [0.15, 0.2) is 0 Å². The zero-order chi connectivity index (χ0) is 9.97. The van der Waals surface area contributed by atoms with Gasteiger partial charge in [-0.2, -0.15) is 0 Å². The van der Waals surface area contributed by atoms with Crippen LogP contribution in [0.4, 0.5) is 0 Å². The lowest BCUT2D eigenvalue weighted by Gasteiger charge is -2.26. The van der Waals surface area contributed by atoms with E-state index in [9.17, 15) is 4.79 Å². The first-order valence-corrected chi connectivity index (χ1v) is 5.83. The molecule has 1 aliphatic heterocycles. The fourth-order valence-electron chi connectivity index (χ4n) is 2.78. The summed E-state index contributed by atoms with van der Waals surface area (Å²) in [5.41, 5.74) is 5.67. The number of likely N-dealkylation sites (tertiary alicyclic amines) is 1. The van der Waals surface area contributed by atoms with Gasteiger partial charge in [0.25, 0.3) is 0 Å². The Balaban J connectivity index is 1.95. The van der Waals surface area contributed by atoms with Crippen LogP contribution in [0.2, 0.25) is 0 Å². The summed E-state index contributed by atoms with van der Waals surface area (Å²) >= 11 is 0. The van der Waals surface area contributed by atoms with E-state index in [0.717, 1.165) is 32.2 Å². The third-order valence-electron chi connectivity index (χ3n) is 3.64. The largest absolute Gasteiger partial charge is 0.338 e. The summed E-state index contributed by atoms with van der Waals surface area (Å²) in [6.07, 6.45) is 6.92. The predicted octanol–water partition coefficient (Wildman–Crippen LogP) is 1.13. The zero-order valence-corrected chi connectivity index (χ0v) is 8.74. The molecular formula is C11H20N2O. The predicted molar refractivity (Wildman–Crippen MR) is 55.7 cm³/mol. The van der Waals surface area contributed by atoms with Crippen molar-refractivity contribution in [2.45, 2.75) is 44.6 Å². The highest BCUT2D eigenvalue weighted by Gasteiger charge is 2.33. The number of nitrogens with two attached hydrogens (primary N) is 1. The molecule has 3 nitrogen and oxygen atoms in total. The fourth-order valence-corrected chi connectivity index (χ4v) is 2.78. The molecule has 1 aliphatic carbocycles. The quantitative estimate of drug-likeness (QED) is 0.719. The number of rotatable bonds is 2. The van der Waals surface area contributed by atoms with E-state index in [2.05, 4.69) is 0 Å². The highest BCUT2D eigenvalue weighted by molar-refractivity contribution is 5.79. The minimum atomic E-state index is 0.321. The van der Waals surface area contributed by atoms with Crippen LogP contribution in [0.5, 0.6) is 0 Å². The Kier molecular flexibility index (Phi) is 3.06. The molecule has 80 valence electrons. The molecule has 0 unspecified atom stereocenters. The van der Waals surface area contributed by atoms with E-state index in [-0.39, 0.29) is 0 Å². The van der Waals surface area contributed by atoms with Gasteiger partial charge in [-0.1, -0.05) is 12.8 Å². The van der Waals surface area contributed by atoms with Crippen LogP contribution >= 0.6 is 0 Å². The molecule has 0 aromatic rings. The highest BCUT2D eigenvalue weighted by atomic mass is 16.2. The van der Waals surface area contributed by atoms with Crippen molar-refractivity contribution >= 4 is 5.91 Å². The smallest absolute Gasteiger partial charge is 0.225 e. The first-order chi connectivity index (χ1) is 6.83. The van der Waals surface area contributed by atoms with Gasteiger partial charge in [0.05, 0.1) is 0 Å². The molecule has 0 radical (unpaired) electrons. The molecule has 0 bridgehead atoms. The Bertz CT molecular complexity index is 211. The number of carbonyl (C=O) groups is 1. The SMILES string of the molecule is NC[C@H]1CCCN1C(=O)C1CCCC1. The van der Waals surface area contributed by atoms with E-state index >= 15 is 0 Å². The minimum absolute atomic E-state index is 0.321. The summed E-state index contributed by atoms with van der Waals surface area (Å²) in [4.78, 5) is 14.1. The molecule has 1 amide bonds. The van der Waals surface area contributed by atoms with E-state index < -0.39 is 0 Å². The molecule has 1 saturated heterocycles. The average molecular weight is 196 g/mol.